The van der Waals surface area contributed by atoms with Gasteiger partial charge in [-0.1, -0.05) is 31.2 Å². The van der Waals surface area contributed by atoms with Crippen molar-refractivity contribution in [1.29, 1.82) is 0 Å². The Labute approximate surface area is 117 Å². The van der Waals surface area contributed by atoms with Crippen molar-refractivity contribution in [3.63, 3.8) is 0 Å². The molecular formula is C12H19N2U-. The van der Waals surface area contributed by atoms with Gasteiger partial charge in [0, 0.05) is 49.6 Å². The van der Waals surface area contributed by atoms with E-state index in [1.807, 2.05) is 0 Å². The first-order chi connectivity index (χ1) is 6.79. The summed E-state index contributed by atoms with van der Waals surface area (Å²) >= 11 is 0. The molecule has 15 heavy (non-hydrogen) atoms. The van der Waals surface area contributed by atoms with E-state index in [-0.39, 0.29) is 31.1 Å². The molecule has 1 aliphatic heterocycles. The number of rotatable bonds is 3. The van der Waals surface area contributed by atoms with Gasteiger partial charge in [-0.3, -0.25) is 0 Å². The van der Waals surface area contributed by atoms with Crippen LogP contribution in [0, 0.1) is 49.4 Å². The zero-order valence-electron chi connectivity index (χ0n) is 9.48. The van der Waals surface area contributed by atoms with Crippen LogP contribution in [0.25, 0.3) is 0 Å². The standard InChI is InChI=1S/C12H19N2.U/c1-3-10(2)8-14-9-11-6-4-5-7-12(11)13-14;/h3-7,10-13H,8-9H2,1-2H3;/q-1;/t10-,11?,12?;/m0./s1. The molecule has 1 fully saturated rings. The molecule has 0 radical (unpaired) electrons. The Morgan fingerprint density at radius 3 is 2.87 bits per heavy atom. The first-order valence-corrected chi connectivity index (χ1v) is 5.45. The molecule has 2 aliphatic rings. The molecule has 2 nitrogen and oxygen atoms in total. The van der Waals surface area contributed by atoms with Crippen LogP contribution in [0.1, 0.15) is 13.8 Å². The fourth-order valence-electron chi connectivity index (χ4n) is 2.06. The minimum atomic E-state index is 0. The Balaban J connectivity index is 0.00000112. The maximum Gasteiger partial charge on any atom is 0.0473 e. The molecule has 1 aliphatic carbocycles. The molecule has 1 heterocycles. The van der Waals surface area contributed by atoms with Crippen molar-refractivity contribution in [3.8, 4) is 0 Å². The molecule has 2 rings (SSSR count). The van der Waals surface area contributed by atoms with E-state index >= 15 is 0 Å². The third kappa shape index (κ3) is 3.46. The SMILES string of the molecule is C[CH-][C@H](C)CN1CC2C=CC=CC2N1.[U]. The van der Waals surface area contributed by atoms with Crippen molar-refractivity contribution in [2.45, 2.75) is 19.9 Å². The van der Waals surface area contributed by atoms with Crippen molar-refractivity contribution < 1.29 is 31.1 Å². The number of hydrogen-bond acceptors (Lipinski definition) is 2. The average Bonchev–Trinajstić information content (AvgIpc) is 2.59. The van der Waals surface area contributed by atoms with Crippen LogP contribution in [0.3, 0.4) is 0 Å². The van der Waals surface area contributed by atoms with E-state index in [1.165, 1.54) is 0 Å². The molecule has 0 aromatic heterocycles. The molecule has 0 amide bonds. The van der Waals surface area contributed by atoms with Crippen LogP contribution in [0.4, 0.5) is 0 Å². The van der Waals surface area contributed by atoms with Gasteiger partial charge < -0.3 is 6.42 Å². The van der Waals surface area contributed by atoms with Gasteiger partial charge in [-0.15, -0.1) is 0 Å². The third-order valence-corrected chi connectivity index (χ3v) is 3.09. The van der Waals surface area contributed by atoms with Gasteiger partial charge in [-0.05, 0) is 6.54 Å². The summed E-state index contributed by atoms with van der Waals surface area (Å²) in [5.41, 5.74) is 3.53. The maximum absolute atomic E-state index is 3.53. The maximum atomic E-state index is 3.53. The summed E-state index contributed by atoms with van der Waals surface area (Å²) < 4.78 is 0. The van der Waals surface area contributed by atoms with Crippen LogP contribution in [-0.2, 0) is 0 Å². The van der Waals surface area contributed by atoms with Crippen molar-refractivity contribution in [2.24, 2.45) is 11.8 Å². The Morgan fingerprint density at radius 2 is 2.20 bits per heavy atom. The van der Waals surface area contributed by atoms with E-state index in [9.17, 15) is 0 Å². The van der Waals surface area contributed by atoms with Crippen LogP contribution in [0.15, 0.2) is 24.3 Å². The molecule has 2 unspecified atom stereocenters. The smallest absolute Gasteiger partial charge is 0.0473 e. The summed E-state index contributed by atoms with van der Waals surface area (Å²) in [6, 6.07) is 0.532. The predicted molar refractivity (Wildman–Crippen MR) is 59.4 cm³/mol. The van der Waals surface area contributed by atoms with Gasteiger partial charge in [-0.2, -0.15) is 12.8 Å². The predicted octanol–water partition coefficient (Wildman–Crippen LogP) is 1.78. The van der Waals surface area contributed by atoms with Gasteiger partial charge in [0.15, 0.2) is 0 Å². The topological polar surface area (TPSA) is 15.3 Å². The third-order valence-electron chi connectivity index (χ3n) is 3.09. The summed E-state index contributed by atoms with van der Waals surface area (Å²) in [5.74, 6) is 1.33. The van der Waals surface area contributed by atoms with Crippen molar-refractivity contribution in [2.75, 3.05) is 13.1 Å². The van der Waals surface area contributed by atoms with E-state index in [2.05, 4.69) is 55.0 Å². The summed E-state index contributed by atoms with van der Waals surface area (Å²) in [7, 11) is 0. The van der Waals surface area contributed by atoms with E-state index < -0.39 is 0 Å². The van der Waals surface area contributed by atoms with Gasteiger partial charge in [0.1, 0.15) is 0 Å². The minimum Gasteiger partial charge on any atom is -0.327 e. The molecule has 1 saturated heterocycles. The van der Waals surface area contributed by atoms with Crippen LogP contribution in [0.5, 0.6) is 0 Å². The molecule has 0 saturated carbocycles. The van der Waals surface area contributed by atoms with Crippen LogP contribution in [0.2, 0.25) is 0 Å². The van der Waals surface area contributed by atoms with Gasteiger partial charge >= 0.3 is 0 Å². The zero-order chi connectivity index (χ0) is 9.97. The molecule has 0 aromatic carbocycles. The number of fused-ring (bicyclic) bond motifs is 1. The van der Waals surface area contributed by atoms with Crippen LogP contribution < -0.4 is 5.43 Å². The average molecular weight is 429 g/mol. The largest absolute Gasteiger partial charge is 0.327 e. The van der Waals surface area contributed by atoms with Crippen LogP contribution >= 0.6 is 0 Å². The number of hydrogen-bond donors (Lipinski definition) is 1. The second-order valence-electron chi connectivity index (χ2n) is 4.30. The van der Waals surface area contributed by atoms with Gasteiger partial charge in [-0.25, -0.2) is 10.4 Å². The van der Waals surface area contributed by atoms with Crippen molar-refractivity contribution in [3.05, 3.63) is 30.7 Å². The van der Waals surface area contributed by atoms with Crippen molar-refractivity contribution in [1.82, 2.24) is 10.4 Å². The van der Waals surface area contributed by atoms with E-state index in [1.54, 1.807) is 0 Å². The Bertz CT molecular complexity index is 230. The monoisotopic (exact) mass is 429 g/mol. The molecule has 82 valence electrons. The van der Waals surface area contributed by atoms with E-state index in [4.69, 9.17) is 0 Å². The summed E-state index contributed by atoms with van der Waals surface area (Å²) in [5, 5.41) is 2.35. The Hall–Kier alpha value is 0.452. The fourth-order valence-corrected chi connectivity index (χ4v) is 2.06. The molecule has 0 aromatic rings. The number of nitrogens with one attached hydrogen (secondary N) is 1. The van der Waals surface area contributed by atoms with Gasteiger partial charge in [0.25, 0.3) is 0 Å². The number of hydrazine groups is 1. The second kappa shape index (κ2) is 6.25. The first-order valence-electron chi connectivity index (χ1n) is 5.45. The van der Waals surface area contributed by atoms with Crippen LogP contribution in [-0.4, -0.2) is 24.1 Å². The summed E-state index contributed by atoms with van der Waals surface area (Å²) in [6.07, 6.45) is 11.1. The summed E-state index contributed by atoms with van der Waals surface area (Å²) in [4.78, 5) is 0. The van der Waals surface area contributed by atoms with Gasteiger partial charge in [0.05, 0.1) is 0 Å². The van der Waals surface area contributed by atoms with E-state index in [0.29, 0.717) is 17.9 Å². The molecule has 3 heteroatoms. The number of nitrogens with zero attached hydrogens (tertiary/aromatic N) is 1. The van der Waals surface area contributed by atoms with Crippen molar-refractivity contribution >= 4 is 0 Å². The van der Waals surface area contributed by atoms with Gasteiger partial charge in [0.2, 0.25) is 0 Å². The molecule has 0 bridgehead atoms. The summed E-state index contributed by atoms with van der Waals surface area (Å²) in [6.45, 7) is 6.65. The molecule has 0 spiro atoms. The molecular weight excluding hydrogens is 410 g/mol. The normalized spacial score (nSPS) is 31.1. The Kier molecular flexibility index (Phi) is 5.63. The molecule has 3 atom stereocenters. The fraction of sp³-hybridized carbons (Fsp3) is 0.583. The van der Waals surface area contributed by atoms with E-state index in [0.717, 1.165) is 13.1 Å². The Morgan fingerprint density at radius 1 is 1.47 bits per heavy atom. The number of allylic oxidation sites excluding steroid dienone is 2. The zero-order valence-corrected chi connectivity index (χ0v) is 13.6. The minimum absolute atomic E-state index is 0. The second-order valence-corrected chi connectivity index (χ2v) is 4.30. The molecule has 1 N–H and O–H groups in total. The quantitative estimate of drug-likeness (QED) is 0.689. The first kappa shape index (κ1) is 13.5.